The van der Waals surface area contributed by atoms with Crippen LogP contribution in [0, 0.1) is 0 Å². The molecule has 16 N–H and O–H groups in total. The molecule has 0 bridgehead atoms. The number of rotatable bonds is 36. The van der Waals surface area contributed by atoms with E-state index in [1.807, 2.05) is 0 Å². The lowest BCUT2D eigenvalue weighted by Crippen LogP contribution is -2.67. The molecule has 110 heavy (non-hydrogen) atoms. The largest absolute Gasteiger partial charge is 0.435 e. The number of methoxy groups -OCH3 is 4. The Morgan fingerprint density at radius 1 is 0.400 bits per heavy atom. The quantitative estimate of drug-likeness (QED) is 0.0120. The van der Waals surface area contributed by atoms with Gasteiger partial charge in [-0.1, -0.05) is 0 Å². The maximum absolute atomic E-state index is 11.5. The second-order valence-corrected chi connectivity index (χ2v) is 26.0. The molecule has 6 aliphatic heterocycles. The first-order valence-corrected chi connectivity index (χ1v) is 35.2. The minimum absolute atomic E-state index is 0.00464. The van der Waals surface area contributed by atoms with Crippen molar-refractivity contribution >= 4 is 71.1 Å². The fraction of sp³-hybridized carbons (Fsp3) is 0.844. The summed E-state index contributed by atoms with van der Waals surface area (Å²) in [6.07, 6.45) is -35.9. The van der Waals surface area contributed by atoms with E-state index in [4.69, 9.17) is 85.3 Å². The Morgan fingerprint density at radius 3 is 1.05 bits per heavy atom. The zero-order valence-corrected chi connectivity index (χ0v) is 63.7. The first-order valence-electron chi connectivity index (χ1n) is 34.4. The number of aldehydes is 3. The third-order valence-electron chi connectivity index (χ3n) is 17.8. The molecule has 45 nitrogen and oxygen atoms in total. The number of aliphatic hydroxyl groups is 12. The number of nitrogens with one attached hydrogen (secondary N) is 4. The van der Waals surface area contributed by atoms with Crippen molar-refractivity contribution in [3.05, 3.63) is 0 Å². The highest BCUT2D eigenvalue weighted by Crippen LogP contribution is 2.34. The standard InChI is InChI=1S/C16H27NO11.C16H25NO11.C16H28NO10P.C16H29NO9/c1-6-9(17-7(2)20)13(10(21)8(4-18)26-6)27-15-12(23)11(22)14(24-3)16(28-15)25-5-19;1-8-13(17-9(2)22)15(14(23)10(4-18)26-8)27-12(6-20)28-16(25-7-21)11(5-19)24-3;1-8-13(17-9(2)21)15(14(22)10(4-18)25-8)26-12(6-28)27-16(24-7-20)11(5-19)23-3;1-6-10(17-8(3)19)15(11(20)9(5-18)24-6)26-16-13(22)12(21)14(23-4)7(2)25-16/h5-6,8-16,18,21-23H,4H2,1-3H3,(H,17,20);5-8,10-16,18,23H,4H2,1-3H3,(H,17,22);5,7-8,10-16,18,22H,4,6,28H2,1-3H3,(H,17,21);6-7,9-16,18,20-22H,5H2,1-4H3,(H,17,19)/t6-,8?,9+,10-,11?,12-,13?,14-,15+,16?;2*8-,10?,11?,12+,13+,14-,15?,16?;6-,7?,9?,10+,11-,12?,13-,14+,15?,16-/m0000/s1. The van der Waals surface area contributed by atoms with Gasteiger partial charge in [-0.2, -0.15) is 0 Å². The highest BCUT2D eigenvalue weighted by Gasteiger charge is 2.54. The van der Waals surface area contributed by atoms with E-state index in [1.165, 1.54) is 49.0 Å². The topological polar surface area (TPSA) is 637 Å². The van der Waals surface area contributed by atoms with Gasteiger partial charge in [-0.3, -0.25) is 38.4 Å². The minimum atomic E-state index is -1.71. The summed E-state index contributed by atoms with van der Waals surface area (Å²) < 4.78 is 100. The van der Waals surface area contributed by atoms with E-state index in [1.54, 1.807) is 34.6 Å². The summed E-state index contributed by atoms with van der Waals surface area (Å²) in [6, 6.07) is -3.23. The Balaban J connectivity index is 0.000000380. The van der Waals surface area contributed by atoms with Crippen LogP contribution in [0.3, 0.4) is 0 Å². The van der Waals surface area contributed by atoms with Gasteiger partial charge >= 0.3 is 0 Å². The number of ether oxygens (including phenoxy) is 19. The maximum atomic E-state index is 11.5. The molecule has 6 rings (SSSR count). The Hall–Kier alpha value is -5.39. The van der Waals surface area contributed by atoms with E-state index in [2.05, 4.69) is 35.2 Å². The molecule has 6 saturated heterocycles. The van der Waals surface area contributed by atoms with Crippen LogP contribution in [0.15, 0.2) is 0 Å². The molecule has 0 radical (unpaired) electrons. The SMILES string of the molecule is COC(C=O)C(OC=O)O[C@H](C=O)OC1[C@@H](O)C(CO)O[C@@H](C)[C@H]1NC(C)=O.COC(C=O)C(OC=O)O[C@H](CP)OC1[C@@H](O)C(CO)O[C@@H](C)[C@H]1NC(C)=O.CO[C@@H]1C(C)O[C@@H](OC2[C@@H](O)C(CO)O[C@@H](C)[C@H]2NC(C)=O)[C@@H](O)C1O.CO[C@@H]1C(OC=O)O[C@@H](OC2[C@@H](O)C(CO)O[C@@H](C)[C@H]2NC(C)=O)[C@@H](O)C1O. The second kappa shape index (κ2) is 49.4. The van der Waals surface area contributed by atoms with Crippen LogP contribution in [0.5, 0.6) is 0 Å². The molecule has 6 aliphatic rings. The molecule has 46 heteroatoms. The summed E-state index contributed by atoms with van der Waals surface area (Å²) in [5.41, 5.74) is 0. The molecule has 0 spiro atoms. The van der Waals surface area contributed by atoms with Crippen molar-refractivity contribution in [2.24, 2.45) is 0 Å². The van der Waals surface area contributed by atoms with Crippen LogP contribution in [0.1, 0.15) is 62.3 Å². The van der Waals surface area contributed by atoms with E-state index in [-0.39, 0.29) is 43.7 Å². The predicted molar refractivity (Wildman–Crippen MR) is 361 cm³/mol. The smallest absolute Gasteiger partial charge is 0.295 e. The van der Waals surface area contributed by atoms with Crippen molar-refractivity contribution in [3.8, 4) is 0 Å². The Bertz CT molecular complexity index is 2770. The molecule has 0 aromatic rings. The molecule has 6 heterocycles. The number of hydrogen-bond donors (Lipinski definition) is 16. The van der Waals surface area contributed by atoms with Crippen LogP contribution in [0.25, 0.3) is 0 Å². The predicted octanol–water partition coefficient (Wildman–Crippen LogP) is -10.7. The number of carbonyl (C=O) groups is 10. The molecule has 4 amide bonds. The van der Waals surface area contributed by atoms with Crippen LogP contribution in [0.4, 0.5) is 0 Å². The Kier molecular flexibility index (Phi) is 44.4. The lowest BCUT2D eigenvalue weighted by molar-refractivity contribution is -0.362. The number of hydrogen-bond acceptors (Lipinski definition) is 41. The van der Waals surface area contributed by atoms with Crippen LogP contribution >= 0.6 is 9.24 Å². The van der Waals surface area contributed by atoms with Gasteiger partial charge in [0.25, 0.3) is 19.4 Å². The monoisotopic (exact) mass is 1620 g/mol. The van der Waals surface area contributed by atoms with Gasteiger partial charge in [0.05, 0.1) is 81.1 Å². The van der Waals surface area contributed by atoms with Gasteiger partial charge in [0, 0.05) is 62.3 Å². The van der Waals surface area contributed by atoms with E-state index >= 15 is 0 Å². The van der Waals surface area contributed by atoms with Gasteiger partial charge in [0.1, 0.15) is 110 Å². The van der Waals surface area contributed by atoms with Crippen LogP contribution in [-0.2, 0) is 138 Å². The maximum Gasteiger partial charge on any atom is 0.295 e. The lowest BCUT2D eigenvalue weighted by atomic mass is 9.92. The van der Waals surface area contributed by atoms with E-state index in [9.17, 15) is 109 Å². The molecule has 0 aliphatic carbocycles. The molecule has 0 aromatic heterocycles. The van der Waals surface area contributed by atoms with Gasteiger partial charge in [0.15, 0.2) is 49.9 Å². The van der Waals surface area contributed by atoms with Gasteiger partial charge in [-0.25, -0.2) is 0 Å². The van der Waals surface area contributed by atoms with Crippen molar-refractivity contribution in [1.82, 2.24) is 21.3 Å². The van der Waals surface area contributed by atoms with E-state index in [0.29, 0.717) is 12.6 Å². The normalized spacial score (nSPS) is 37.8. The summed E-state index contributed by atoms with van der Waals surface area (Å²) in [7, 11) is 7.38. The first kappa shape index (κ1) is 98.8. The van der Waals surface area contributed by atoms with Crippen LogP contribution in [0.2, 0.25) is 0 Å². The van der Waals surface area contributed by atoms with Crippen molar-refractivity contribution in [3.63, 3.8) is 0 Å². The number of carbonyl (C=O) groups excluding carboxylic acids is 10. The van der Waals surface area contributed by atoms with Crippen molar-refractivity contribution in [2.45, 2.75) is 283 Å². The van der Waals surface area contributed by atoms with Crippen molar-refractivity contribution < 1.29 is 199 Å². The van der Waals surface area contributed by atoms with Gasteiger partial charge in [0.2, 0.25) is 48.8 Å². The third-order valence-corrected chi connectivity index (χ3v) is 18.2. The van der Waals surface area contributed by atoms with Crippen LogP contribution in [-0.4, -0.2) is 405 Å². The Labute approximate surface area is 634 Å². The summed E-state index contributed by atoms with van der Waals surface area (Å²) in [6.45, 7) is 11.5. The number of aliphatic hydroxyl groups excluding tert-OH is 12. The lowest BCUT2D eigenvalue weighted by Gasteiger charge is -2.47. The van der Waals surface area contributed by atoms with Gasteiger partial charge in [-0.05, 0) is 34.6 Å². The summed E-state index contributed by atoms with van der Waals surface area (Å²) >= 11 is 0. The first-order chi connectivity index (χ1) is 52.1. The van der Waals surface area contributed by atoms with E-state index < -0.39 is 259 Å². The fourth-order valence-electron chi connectivity index (χ4n) is 12.4. The highest BCUT2D eigenvalue weighted by atomic mass is 31.0. The number of amides is 4. The molecule has 0 saturated carbocycles. The van der Waals surface area contributed by atoms with Gasteiger partial charge in [-0.15, -0.1) is 9.24 Å². The molecule has 37 atom stereocenters. The van der Waals surface area contributed by atoms with Crippen molar-refractivity contribution in [2.75, 3.05) is 61.0 Å². The second-order valence-electron chi connectivity index (χ2n) is 25.5. The Morgan fingerprint density at radius 2 is 0.736 bits per heavy atom. The average molecular weight is 1620 g/mol. The van der Waals surface area contributed by atoms with E-state index in [0.717, 1.165) is 7.11 Å². The molecule has 6 fully saturated rings. The zero-order valence-electron chi connectivity index (χ0n) is 62.6. The summed E-state index contributed by atoms with van der Waals surface area (Å²) in [4.78, 5) is 112. The summed E-state index contributed by atoms with van der Waals surface area (Å²) in [5.74, 6) is -1.59. The molecular formula is C64H109N4O41P. The fourth-order valence-corrected chi connectivity index (χ4v) is 12.6. The molecule has 636 valence electrons. The molecule has 17 unspecified atom stereocenters. The summed E-state index contributed by atoms with van der Waals surface area (Å²) in [5, 5.41) is 131. The van der Waals surface area contributed by atoms with Crippen molar-refractivity contribution in [1.29, 1.82) is 0 Å². The van der Waals surface area contributed by atoms with Crippen LogP contribution < -0.4 is 21.3 Å². The molecule has 0 aromatic carbocycles. The van der Waals surface area contributed by atoms with Gasteiger partial charge < -0.3 is 182 Å². The minimum Gasteiger partial charge on any atom is -0.435 e. The average Bonchev–Trinajstić information content (AvgIpc) is 0.804. The highest BCUT2D eigenvalue weighted by molar-refractivity contribution is 7.16. The molecular weight excluding hydrogens is 1510 g/mol. The zero-order chi connectivity index (χ0) is 83.1. The third kappa shape index (κ3) is 27.7.